The Hall–Kier alpha value is 0.184. The van der Waals surface area contributed by atoms with Crippen LogP contribution < -0.4 is 4.90 Å². The molecule has 0 aliphatic carbocycles. The normalized spacial score (nSPS) is 20.6. The fourth-order valence-corrected chi connectivity index (χ4v) is 4.82. The van der Waals surface area contributed by atoms with Crippen LogP contribution in [-0.4, -0.2) is 28.7 Å². The first kappa shape index (κ1) is 21.5. The van der Waals surface area contributed by atoms with Crippen molar-refractivity contribution in [1.29, 1.82) is 0 Å². The molecule has 1 aromatic carbocycles. The summed E-state index contributed by atoms with van der Waals surface area (Å²) in [7, 11) is 0. The molecule has 0 spiro atoms. The van der Waals surface area contributed by atoms with Gasteiger partial charge < -0.3 is 9.88 Å². The predicted molar refractivity (Wildman–Crippen MR) is 93.1 cm³/mol. The molecule has 2 heterocycles. The van der Waals surface area contributed by atoms with Crippen molar-refractivity contribution in [2.75, 3.05) is 17.2 Å². The van der Waals surface area contributed by atoms with Gasteiger partial charge in [-0.15, -0.1) is 17.8 Å². The molecule has 1 saturated heterocycles. The van der Waals surface area contributed by atoms with Crippen LogP contribution in [-0.2, 0) is 38.9 Å². The molecule has 1 aromatic heterocycles. The fourth-order valence-electron chi connectivity index (χ4n) is 2.83. The van der Waals surface area contributed by atoms with Gasteiger partial charge in [-0.05, 0) is 47.2 Å². The second kappa shape index (κ2) is 9.40. The van der Waals surface area contributed by atoms with Crippen molar-refractivity contribution in [2.45, 2.75) is 34.8 Å². The quantitative estimate of drug-likeness (QED) is 0.327. The van der Waals surface area contributed by atoms with Crippen molar-refractivity contribution < 1.29 is 45.9 Å². The number of thiazole rings is 1. The second-order valence-corrected chi connectivity index (χ2v) is 8.25. The molecular formula is C16H15ClF3N2S2Y-. The molecule has 1 fully saturated rings. The number of aromatic nitrogens is 1. The third-order valence-corrected chi connectivity index (χ3v) is 6.44. The van der Waals surface area contributed by atoms with Gasteiger partial charge in [-0.25, -0.2) is 11.3 Å². The van der Waals surface area contributed by atoms with Gasteiger partial charge in [0.25, 0.3) is 0 Å². The zero-order valence-corrected chi connectivity index (χ0v) is 18.4. The van der Waals surface area contributed by atoms with Crippen LogP contribution in [0.1, 0.15) is 18.4 Å². The van der Waals surface area contributed by atoms with Crippen LogP contribution in [0.3, 0.4) is 0 Å². The van der Waals surface area contributed by atoms with Gasteiger partial charge in [0.15, 0.2) is 0 Å². The van der Waals surface area contributed by atoms with E-state index in [0.717, 1.165) is 47.3 Å². The average molecular weight is 481 g/mol. The van der Waals surface area contributed by atoms with Gasteiger partial charge in [-0.2, -0.15) is 24.9 Å². The zero-order chi connectivity index (χ0) is 17.2. The molecule has 2 aromatic rings. The monoisotopic (exact) mass is 480 g/mol. The summed E-state index contributed by atoms with van der Waals surface area (Å²) in [5.41, 5.74) is 0.170. The summed E-state index contributed by atoms with van der Waals surface area (Å²) in [5.74, 6) is 0.867. The van der Waals surface area contributed by atoms with Gasteiger partial charge in [0, 0.05) is 51.0 Å². The maximum absolute atomic E-state index is 12.7. The Morgan fingerprint density at radius 3 is 2.64 bits per heavy atom. The number of halogens is 4. The van der Waals surface area contributed by atoms with E-state index in [1.54, 1.807) is 23.1 Å². The second-order valence-electron chi connectivity index (χ2n) is 5.49. The minimum atomic E-state index is -4.31. The minimum Gasteiger partial charge on any atom is -0.437 e. The zero-order valence-electron chi connectivity index (χ0n) is 13.2. The average Bonchev–Trinajstić information content (AvgIpc) is 3.17. The Labute approximate surface area is 183 Å². The minimum absolute atomic E-state index is 0. The molecule has 0 amide bonds. The van der Waals surface area contributed by atoms with Crippen LogP contribution in [0.15, 0.2) is 34.0 Å². The molecule has 2 unspecified atom stereocenters. The van der Waals surface area contributed by atoms with Crippen molar-refractivity contribution in [1.82, 2.24) is 4.98 Å². The number of rotatable bonds is 5. The Bertz CT molecular complexity index is 652. The number of nitrogens with zero attached hydrogens (tertiary/aromatic N) is 2. The summed E-state index contributed by atoms with van der Waals surface area (Å²) in [5, 5.41) is 1.83. The summed E-state index contributed by atoms with van der Waals surface area (Å²) >= 11 is 9.65. The van der Waals surface area contributed by atoms with Gasteiger partial charge in [-0.3, -0.25) is 0 Å². The topological polar surface area (TPSA) is 16.1 Å². The molecule has 1 aliphatic rings. The molecular weight excluding hydrogens is 466 g/mol. The van der Waals surface area contributed by atoms with Crippen LogP contribution in [0.5, 0.6) is 0 Å². The smallest absolute Gasteiger partial charge is 0.416 e. The molecule has 25 heavy (non-hydrogen) atoms. The van der Waals surface area contributed by atoms with E-state index >= 15 is 0 Å². The first-order valence-corrected chi connectivity index (χ1v) is 9.77. The van der Waals surface area contributed by atoms with E-state index in [1.807, 2.05) is 5.38 Å². The van der Waals surface area contributed by atoms with E-state index < -0.39 is 11.7 Å². The Morgan fingerprint density at radius 2 is 2.04 bits per heavy atom. The van der Waals surface area contributed by atoms with Crippen LogP contribution in [0.4, 0.5) is 18.9 Å². The number of hydrogen-bond acceptors (Lipinski definition) is 4. The maximum Gasteiger partial charge on any atom is 0.416 e. The van der Waals surface area contributed by atoms with Gasteiger partial charge in [-0.1, -0.05) is 5.38 Å². The summed E-state index contributed by atoms with van der Waals surface area (Å²) in [6.45, 7) is 0.764. The Morgan fingerprint density at radius 1 is 1.32 bits per heavy atom. The van der Waals surface area contributed by atoms with Crippen LogP contribution in [0, 0.1) is 6.20 Å². The molecule has 3 rings (SSSR count). The Kier molecular flexibility index (Phi) is 8.08. The van der Waals surface area contributed by atoms with Gasteiger partial charge in [0.1, 0.15) is 0 Å². The number of benzene rings is 1. The van der Waals surface area contributed by atoms with Gasteiger partial charge >= 0.3 is 6.18 Å². The van der Waals surface area contributed by atoms with Crippen molar-refractivity contribution in [3.05, 3.63) is 41.4 Å². The SMILES string of the molecule is FC(F)(F)c1ccc(N2CCC(Cl)C2CCSc2n[c-]cs2)cc1.[Y]. The van der Waals surface area contributed by atoms with Gasteiger partial charge in [0.05, 0.1) is 10.9 Å². The van der Waals surface area contributed by atoms with Crippen molar-refractivity contribution in [3.63, 3.8) is 0 Å². The van der Waals surface area contributed by atoms with E-state index in [0.29, 0.717) is 0 Å². The summed E-state index contributed by atoms with van der Waals surface area (Å²) < 4.78 is 39.0. The van der Waals surface area contributed by atoms with Gasteiger partial charge in [0.2, 0.25) is 0 Å². The van der Waals surface area contributed by atoms with Crippen molar-refractivity contribution in [3.8, 4) is 0 Å². The van der Waals surface area contributed by atoms with E-state index in [1.165, 1.54) is 12.1 Å². The molecule has 133 valence electrons. The van der Waals surface area contributed by atoms with Crippen LogP contribution >= 0.6 is 34.7 Å². The number of alkyl halides is 4. The first-order chi connectivity index (χ1) is 11.4. The summed E-state index contributed by atoms with van der Waals surface area (Å²) in [6, 6.07) is 5.46. The largest absolute Gasteiger partial charge is 0.437 e. The third kappa shape index (κ3) is 5.58. The maximum atomic E-state index is 12.7. The fraction of sp³-hybridized carbons (Fsp3) is 0.438. The Balaban J connectivity index is 0.00000225. The molecule has 0 saturated carbocycles. The van der Waals surface area contributed by atoms with E-state index in [9.17, 15) is 13.2 Å². The first-order valence-electron chi connectivity index (χ1n) is 7.47. The van der Waals surface area contributed by atoms with E-state index in [4.69, 9.17) is 11.6 Å². The number of hydrogen-bond donors (Lipinski definition) is 0. The van der Waals surface area contributed by atoms with Crippen LogP contribution in [0.2, 0.25) is 0 Å². The van der Waals surface area contributed by atoms with Crippen LogP contribution in [0.25, 0.3) is 0 Å². The van der Waals surface area contributed by atoms with E-state index in [2.05, 4.69) is 16.1 Å². The number of anilines is 1. The molecule has 1 aliphatic heterocycles. The number of thioether (sulfide) groups is 1. The molecule has 9 heteroatoms. The molecule has 0 N–H and O–H groups in total. The third-order valence-electron chi connectivity index (χ3n) is 4.00. The standard InChI is InChI=1S/C16H15ClF3N2S2.Y/c17-13-5-8-22(12-3-1-11(2-4-12)16(18,19)20)14(13)6-9-23-15-21-7-10-24-15;/h1-4,10,13-14H,5-6,8-9H2;/q-1;. The predicted octanol–water partition coefficient (Wildman–Crippen LogP) is 5.33. The van der Waals surface area contributed by atoms with Crippen molar-refractivity contribution in [2.24, 2.45) is 0 Å². The summed E-state index contributed by atoms with van der Waals surface area (Å²) in [6.07, 6.45) is 0.179. The molecule has 2 atom stereocenters. The van der Waals surface area contributed by atoms with Crippen molar-refractivity contribution >= 4 is 40.4 Å². The van der Waals surface area contributed by atoms with E-state index in [-0.39, 0.29) is 44.1 Å². The molecule has 1 radical (unpaired) electrons. The molecule has 0 bridgehead atoms. The molecule has 2 nitrogen and oxygen atoms in total. The summed E-state index contributed by atoms with van der Waals surface area (Å²) in [4.78, 5) is 6.23.